The van der Waals surface area contributed by atoms with Crippen LogP contribution >= 0.6 is 0 Å². The first-order valence-electron chi connectivity index (χ1n) is 7.42. The van der Waals surface area contributed by atoms with Crippen LogP contribution in [-0.4, -0.2) is 64.1 Å². The van der Waals surface area contributed by atoms with Crippen LogP contribution in [0.4, 0.5) is 5.82 Å². The normalized spacial score (nSPS) is 18.3. The average molecular weight is 331 g/mol. The van der Waals surface area contributed by atoms with E-state index in [0.29, 0.717) is 18.9 Å². The van der Waals surface area contributed by atoms with Gasteiger partial charge in [-0.15, -0.1) is 0 Å². The van der Waals surface area contributed by atoms with E-state index in [1.165, 1.54) is 23.6 Å². The van der Waals surface area contributed by atoms with Crippen molar-refractivity contribution in [3.05, 3.63) is 42.2 Å². The van der Waals surface area contributed by atoms with Crippen LogP contribution in [0, 0.1) is 0 Å². The first-order chi connectivity index (χ1) is 11.5. The maximum atomic E-state index is 12.4. The fourth-order valence-corrected chi connectivity index (χ4v) is 2.57. The van der Waals surface area contributed by atoms with Gasteiger partial charge in [-0.2, -0.15) is 0 Å². The van der Waals surface area contributed by atoms with Crippen LogP contribution in [0.15, 0.2) is 35.2 Å². The average Bonchev–Trinajstić information content (AvgIpc) is 3.04. The molecule has 9 nitrogen and oxygen atoms in total. The number of hydrogen-bond donors (Lipinski definition) is 2. The number of furan rings is 1. The molecule has 0 radical (unpaired) electrons. The Kier molecular flexibility index (Phi) is 4.43. The van der Waals surface area contributed by atoms with Crippen molar-refractivity contribution in [1.82, 2.24) is 14.9 Å². The van der Waals surface area contributed by atoms with Crippen LogP contribution in [0.3, 0.4) is 0 Å². The molecule has 1 saturated heterocycles. The van der Waals surface area contributed by atoms with Gasteiger partial charge in [0.15, 0.2) is 5.76 Å². The van der Waals surface area contributed by atoms with Gasteiger partial charge in [0.2, 0.25) is 0 Å². The highest BCUT2D eigenvalue weighted by molar-refractivity contribution is 5.91. The Balaban J connectivity index is 1.76. The lowest BCUT2D eigenvalue weighted by Crippen LogP contribution is -2.37. The Morgan fingerprint density at radius 1 is 1.29 bits per heavy atom. The number of primary amides is 1. The maximum absolute atomic E-state index is 12.4. The predicted molar refractivity (Wildman–Crippen MR) is 83.4 cm³/mol. The summed E-state index contributed by atoms with van der Waals surface area (Å²) in [6, 6.07) is 3.22. The minimum absolute atomic E-state index is 0.0507. The van der Waals surface area contributed by atoms with Crippen LogP contribution in [0.1, 0.15) is 21.0 Å². The molecule has 9 heteroatoms. The summed E-state index contributed by atoms with van der Waals surface area (Å²) in [5, 5.41) is 10.2. The summed E-state index contributed by atoms with van der Waals surface area (Å²) in [6.45, 7) is 1.25. The maximum Gasteiger partial charge on any atom is 0.289 e. The van der Waals surface area contributed by atoms with Crippen LogP contribution in [0.5, 0.6) is 0 Å². The van der Waals surface area contributed by atoms with E-state index in [1.54, 1.807) is 17.0 Å². The molecule has 126 valence electrons. The van der Waals surface area contributed by atoms with Gasteiger partial charge >= 0.3 is 0 Å². The highest BCUT2D eigenvalue weighted by Gasteiger charge is 2.27. The SMILES string of the molecule is NC(=O)c1cncc(N2CCN(C(=O)c3ccco3)C[C@H](O)C2)n1. The van der Waals surface area contributed by atoms with E-state index < -0.39 is 12.0 Å². The summed E-state index contributed by atoms with van der Waals surface area (Å²) in [5.41, 5.74) is 5.26. The van der Waals surface area contributed by atoms with E-state index in [4.69, 9.17) is 10.2 Å². The largest absolute Gasteiger partial charge is 0.459 e. The number of β-amino-alcohol motifs (C(OH)–C–C–N with tert-alkyl or cyclic N) is 1. The van der Waals surface area contributed by atoms with Gasteiger partial charge in [-0.1, -0.05) is 0 Å². The number of aliphatic hydroxyl groups is 1. The van der Waals surface area contributed by atoms with Crippen LogP contribution in [0.2, 0.25) is 0 Å². The summed E-state index contributed by atoms with van der Waals surface area (Å²) >= 11 is 0. The zero-order valence-corrected chi connectivity index (χ0v) is 12.8. The second kappa shape index (κ2) is 6.67. The molecule has 0 spiro atoms. The molecule has 0 bridgehead atoms. The van der Waals surface area contributed by atoms with Crippen molar-refractivity contribution in [2.75, 3.05) is 31.1 Å². The Bertz CT molecular complexity index is 733. The van der Waals surface area contributed by atoms with Gasteiger partial charge in [-0.05, 0) is 12.1 Å². The molecule has 2 amide bonds. The molecule has 0 unspecified atom stereocenters. The Labute approximate surface area is 137 Å². The molecule has 3 N–H and O–H groups in total. The van der Waals surface area contributed by atoms with Gasteiger partial charge in [0.1, 0.15) is 11.5 Å². The lowest BCUT2D eigenvalue weighted by molar-refractivity contribution is 0.0643. The third kappa shape index (κ3) is 3.35. The number of carbonyl (C=O) groups is 2. The lowest BCUT2D eigenvalue weighted by Gasteiger charge is -2.22. The number of aliphatic hydroxyl groups excluding tert-OH is 1. The number of rotatable bonds is 3. The number of amides is 2. The van der Waals surface area contributed by atoms with Gasteiger partial charge in [0.25, 0.3) is 11.8 Å². The number of carbonyl (C=O) groups excluding carboxylic acids is 2. The summed E-state index contributed by atoms with van der Waals surface area (Å²) in [6.07, 6.45) is 3.43. The molecule has 1 aliphatic rings. The zero-order valence-electron chi connectivity index (χ0n) is 12.8. The first kappa shape index (κ1) is 15.9. The van der Waals surface area contributed by atoms with E-state index in [2.05, 4.69) is 9.97 Å². The third-order valence-electron chi connectivity index (χ3n) is 3.72. The molecule has 0 aliphatic carbocycles. The number of nitrogens with two attached hydrogens (primary N) is 1. The topological polar surface area (TPSA) is 126 Å². The van der Waals surface area contributed by atoms with Gasteiger partial charge in [0, 0.05) is 26.2 Å². The second-order valence-electron chi connectivity index (χ2n) is 5.46. The van der Waals surface area contributed by atoms with Crippen LogP contribution in [-0.2, 0) is 0 Å². The van der Waals surface area contributed by atoms with Crippen molar-refractivity contribution in [3.63, 3.8) is 0 Å². The quantitative estimate of drug-likeness (QED) is 0.776. The smallest absolute Gasteiger partial charge is 0.289 e. The summed E-state index contributed by atoms with van der Waals surface area (Å²) < 4.78 is 5.12. The van der Waals surface area contributed by atoms with Crippen molar-refractivity contribution >= 4 is 17.6 Å². The van der Waals surface area contributed by atoms with E-state index in [-0.39, 0.29) is 30.5 Å². The summed E-state index contributed by atoms with van der Waals surface area (Å²) in [5.74, 6) is -0.295. The molecule has 3 rings (SSSR count). The molecule has 0 saturated carbocycles. The Morgan fingerprint density at radius 2 is 2.12 bits per heavy atom. The Morgan fingerprint density at radius 3 is 2.83 bits per heavy atom. The summed E-state index contributed by atoms with van der Waals surface area (Å²) in [7, 11) is 0. The number of nitrogens with zero attached hydrogens (tertiary/aromatic N) is 4. The van der Waals surface area contributed by atoms with Gasteiger partial charge in [0.05, 0.1) is 24.8 Å². The van der Waals surface area contributed by atoms with Crippen molar-refractivity contribution in [1.29, 1.82) is 0 Å². The number of hydrogen-bond acceptors (Lipinski definition) is 7. The molecule has 2 aromatic rings. The Hall–Kier alpha value is -2.94. The zero-order chi connectivity index (χ0) is 17.1. The minimum Gasteiger partial charge on any atom is -0.459 e. The third-order valence-corrected chi connectivity index (χ3v) is 3.72. The monoisotopic (exact) mass is 331 g/mol. The fourth-order valence-electron chi connectivity index (χ4n) is 2.57. The molecular weight excluding hydrogens is 314 g/mol. The molecule has 24 heavy (non-hydrogen) atoms. The fraction of sp³-hybridized carbons (Fsp3) is 0.333. The standard InChI is InChI=1S/C15H17N5O4/c16-14(22)11-6-17-7-13(18-11)19-3-4-20(9-10(21)8-19)15(23)12-2-1-5-24-12/h1-2,5-7,10,21H,3-4,8-9H2,(H2,16,22)/t10-/m1/s1. The molecule has 2 aromatic heterocycles. The summed E-state index contributed by atoms with van der Waals surface area (Å²) in [4.78, 5) is 35.0. The van der Waals surface area contributed by atoms with Crippen LogP contribution < -0.4 is 10.6 Å². The van der Waals surface area contributed by atoms with Crippen molar-refractivity contribution in [3.8, 4) is 0 Å². The minimum atomic E-state index is -0.773. The van der Waals surface area contributed by atoms with E-state index in [0.717, 1.165) is 0 Å². The molecular formula is C15H17N5O4. The number of aromatic nitrogens is 2. The predicted octanol–water partition coefficient (Wildman–Crippen LogP) is -0.508. The first-order valence-corrected chi connectivity index (χ1v) is 7.42. The van der Waals surface area contributed by atoms with Gasteiger partial charge in [-0.3, -0.25) is 14.6 Å². The van der Waals surface area contributed by atoms with Crippen LogP contribution in [0.25, 0.3) is 0 Å². The van der Waals surface area contributed by atoms with E-state index in [9.17, 15) is 14.7 Å². The number of anilines is 1. The second-order valence-corrected chi connectivity index (χ2v) is 5.46. The van der Waals surface area contributed by atoms with E-state index >= 15 is 0 Å². The molecule has 0 aromatic carbocycles. The van der Waals surface area contributed by atoms with Crippen molar-refractivity contribution in [2.45, 2.75) is 6.10 Å². The highest BCUT2D eigenvalue weighted by atomic mass is 16.3. The van der Waals surface area contributed by atoms with Crippen molar-refractivity contribution in [2.24, 2.45) is 5.73 Å². The lowest BCUT2D eigenvalue weighted by atomic mass is 10.3. The highest BCUT2D eigenvalue weighted by Crippen LogP contribution is 2.15. The molecule has 3 heterocycles. The van der Waals surface area contributed by atoms with Gasteiger partial charge in [-0.25, -0.2) is 4.98 Å². The molecule has 1 fully saturated rings. The van der Waals surface area contributed by atoms with E-state index in [1.807, 2.05) is 0 Å². The molecule has 1 aliphatic heterocycles. The molecule has 1 atom stereocenters. The van der Waals surface area contributed by atoms with Crippen molar-refractivity contribution < 1.29 is 19.1 Å². The van der Waals surface area contributed by atoms with Gasteiger partial charge < -0.3 is 25.1 Å².